The molecular formula is C19H34IN3O5S. The first-order valence-corrected chi connectivity index (χ1v) is 11.4. The summed E-state index contributed by atoms with van der Waals surface area (Å²) in [5.41, 5.74) is 1.19. The zero-order chi connectivity index (χ0) is 20.8. The SMILES string of the molecule is CCOc1cc(CCCNC(=NC)NCCOCCS(C)(=O)=O)ccc1OC.I. The van der Waals surface area contributed by atoms with Gasteiger partial charge in [-0.2, -0.15) is 0 Å². The first-order chi connectivity index (χ1) is 13.4. The van der Waals surface area contributed by atoms with Gasteiger partial charge in [0.05, 0.1) is 32.7 Å². The first kappa shape index (κ1) is 27.7. The number of aryl methyl sites for hydroxylation is 1. The molecule has 0 unspecified atom stereocenters. The second-order valence-corrected chi connectivity index (χ2v) is 8.45. The average molecular weight is 543 g/mol. The normalized spacial score (nSPS) is 11.5. The minimum absolute atomic E-state index is 0. The van der Waals surface area contributed by atoms with Crippen molar-refractivity contribution in [3.8, 4) is 11.5 Å². The Labute approximate surface area is 191 Å². The summed E-state index contributed by atoms with van der Waals surface area (Å²) in [7, 11) is 0.365. The lowest BCUT2D eigenvalue weighted by Gasteiger charge is -2.13. The number of nitrogens with one attached hydrogen (secondary N) is 2. The van der Waals surface area contributed by atoms with E-state index in [2.05, 4.69) is 15.6 Å². The summed E-state index contributed by atoms with van der Waals surface area (Å²) in [5, 5.41) is 6.38. The predicted octanol–water partition coefficient (Wildman–Crippen LogP) is 1.87. The van der Waals surface area contributed by atoms with Gasteiger partial charge in [0.15, 0.2) is 17.5 Å². The number of methoxy groups -OCH3 is 1. The van der Waals surface area contributed by atoms with Crippen LogP contribution in [-0.4, -0.2) is 73.5 Å². The van der Waals surface area contributed by atoms with E-state index in [0.717, 1.165) is 30.9 Å². The maximum atomic E-state index is 11.0. The highest BCUT2D eigenvalue weighted by Gasteiger charge is 2.06. The van der Waals surface area contributed by atoms with Gasteiger partial charge in [-0.3, -0.25) is 4.99 Å². The number of halogens is 1. The highest BCUT2D eigenvalue weighted by Crippen LogP contribution is 2.28. The molecule has 1 rings (SSSR count). The topological polar surface area (TPSA) is 98.2 Å². The van der Waals surface area contributed by atoms with Crippen LogP contribution in [-0.2, 0) is 21.0 Å². The maximum Gasteiger partial charge on any atom is 0.191 e. The van der Waals surface area contributed by atoms with Gasteiger partial charge >= 0.3 is 0 Å². The van der Waals surface area contributed by atoms with Crippen molar-refractivity contribution in [2.45, 2.75) is 19.8 Å². The molecule has 0 atom stereocenters. The molecule has 29 heavy (non-hydrogen) atoms. The van der Waals surface area contributed by atoms with E-state index in [9.17, 15) is 8.42 Å². The molecule has 0 saturated carbocycles. The van der Waals surface area contributed by atoms with Crippen LogP contribution in [0.4, 0.5) is 0 Å². The molecular weight excluding hydrogens is 509 g/mol. The Morgan fingerprint density at radius 1 is 1.14 bits per heavy atom. The van der Waals surface area contributed by atoms with Crippen LogP contribution in [0, 0.1) is 0 Å². The molecule has 0 bridgehead atoms. The third-order valence-corrected chi connectivity index (χ3v) is 4.73. The van der Waals surface area contributed by atoms with E-state index in [-0.39, 0.29) is 36.3 Å². The fourth-order valence-corrected chi connectivity index (χ4v) is 2.84. The molecule has 0 amide bonds. The molecule has 168 valence electrons. The standard InChI is InChI=1S/C19H33N3O5S.HI/c1-5-27-18-15-16(8-9-17(18)25-3)7-6-10-21-19(20-2)22-11-12-26-13-14-28(4,23)24;/h8-9,15H,5-7,10-14H2,1-4H3,(H2,20,21,22);1H. The zero-order valence-corrected chi connectivity index (χ0v) is 20.8. The van der Waals surface area contributed by atoms with E-state index in [4.69, 9.17) is 14.2 Å². The highest BCUT2D eigenvalue weighted by atomic mass is 127. The van der Waals surface area contributed by atoms with Gasteiger partial charge in [-0.05, 0) is 37.5 Å². The minimum atomic E-state index is -2.98. The van der Waals surface area contributed by atoms with Gasteiger partial charge in [0.25, 0.3) is 0 Å². The molecule has 0 heterocycles. The van der Waals surface area contributed by atoms with E-state index in [1.807, 2.05) is 25.1 Å². The Morgan fingerprint density at radius 2 is 1.86 bits per heavy atom. The molecule has 2 N–H and O–H groups in total. The lowest BCUT2D eigenvalue weighted by atomic mass is 10.1. The zero-order valence-electron chi connectivity index (χ0n) is 17.7. The summed E-state index contributed by atoms with van der Waals surface area (Å²) in [6, 6.07) is 5.99. The molecule has 0 fully saturated rings. The molecule has 8 nitrogen and oxygen atoms in total. The lowest BCUT2D eigenvalue weighted by Crippen LogP contribution is -2.39. The monoisotopic (exact) mass is 543 g/mol. The third-order valence-electron chi connectivity index (χ3n) is 3.82. The van der Waals surface area contributed by atoms with Gasteiger partial charge in [0, 0.05) is 26.4 Å². The van der Waals surface area contributed by atoms with E-state index >= 15 is 0 Å². The molecule has 0 radical (unpaired) electrons. The summed E-state index contributed by atoms with van der Waals surface area (Å²) in [6.07, 6.45) is 3.04. The Balaban J connectivity index is 0.00000784. The van der Waals surface area contributed by atoms with Crippen molar-refractivity contribution >= 4 is 39.8 Å². The van der Waals surface area contributed by atoms with Gasteiger partial charge in [0.1, 0.15) is 9.84 Å². The Kier molecular flexibility index (Phi) is 14.9. The van der Waals surface area contributed by atoms with Crippen LogP contribution in [0.25, 0.3) is 0 Å². The molecule has 0 aliphatic rings. The quantitative estimate of drug-likeness (QED) is 0.170. The van der Waals surface area contributed by atoms with Crippen molar-refractivity contribution < 1.29 is 22.6 Å². The third kappa shape index (κ3) is 12.8. The van der Waals surface area contributed by atoms with E-state index in [1.54, 1.807) is 14.2 Å². The van der Waals surface area contributed by atoms with Crippen LogP contribution < -0.4 is 20.1 Å². The van der Waals surface area contributed by atoms with Gasteiger partial charge in [-0.15, -0.1) is 24.0 Å². The Morgan fingerprint density at radius 3 is 2.48 bits per heavy atom. The average Bonchev–Trinajstić information content (AvgIpc) is 2.65. The molecule has 0 aromatic heterocycles. The molecule has 0 spiro atoms. The van der Waals surface area contributed by atoms with Crippen LogP contribution in [0.1, 0.15) is 18.9 Å². The van der Waals surface area contributed by atoms with Crippen molar-refractivity contribution in [1.29, 1.82) is 0 Å². The Bertz CT molecular complexity index is 714. The fourth-order valence-electron chi connectivity index (χ4n) is 2.42. The predicted molar refractivity (Wildman–Crippen MR) is 128 cm³/mol. The minimum Gasteiger partial charge on any atom is -0.493 e. The number of sulfone groups is 1. The van der Waals surface area contributed by atoms with Gasteiger partial charge < -0.3 is 24.8 Å². The van der Waals surface area contributed by atoms with Gasteiger partial charge in [0.2, 0.25) is 0 Å². The van der Waals surface area contributed by atoms with Crippen LogP contribution in [0.2, 0.25) is 0 Å². The van der Waals surface area contributed by atoms with Crippen molar-refractivity contribution in [2.24, 2.45) is 4.99 Å². The molecule has 10 heteroatoms. The van der Waals surface area contributed by atoms with E-state index in [1.165, 1.54) is 11.8 Å². The molecule has 0 aliphatic carbocycles. The van der Waals surface area contributed by atoms with Crippen LogP contribution in [0.3, 0.4) is 0 Å². The first-order valence-electron chi connectivity index (χ1n) is 9.39. The van der Waals surface area contributed by atoms with Crippen LogP contribution >= 0.6 is 24.0 Å². The van der Waals surface area contributed by atoms with Gasteiger partial charge in [-0.25, -0.2) is 8.42 Å². The van der Waals surface area contributed by atoms with Crippen LogP contribution in [0.15, 0.2) is 23.2 Å². The van der Waals surface area contributed by atoms with Crippen LogP contribution in [0.5, 0.6) is 11.5 Å². The number of benzene rings is 1. The summed E-state index contributed by atoms with van der Waals surface area (Å²) in [4.78, 5) is 4.16. The van der Waals surface area contributed by atoms with Crippen molar-refractivity contribution in [3.63, 3.8) is 0 Å². The largest absolute Gasteiger partial charge is 0.493 e. The highest BCUT2D eigenvalue weighted by molar-refractivity contribution is 14.0. The van der Waals surface area contributed by atoms with Crippen molar-refractivity contribution in [2.75, 3.05) is 59.1 Å². The molecule has 0 aliphatic heterocycles. The van der Waals surface area contributed by atoms with Crippen molar-refractivity contribution in [1.82, 2.24) is 10.6 Å². The number of nitrogens with zero attached hydrogens (tertiary/aromatic N) is 1. The number of ether oxygens (including phenoxy) is 3. The number of aliphatic imine (C=N–C) groups is 1. The Hall–Kier alpha value is -1.27. The molecule has 1 aromatic carbocycles. The van der Waals surface area contributed by atoms with E-state index in [0.29, 0.717) is 25.7 Å². The van der Waals surface area contributed by atoms with Gasteiger partial charge in [-0.1, -0.05) is 6.07 Å². The number of hydrogen-bond donors (Lipinski definition) is 2. The smallest absolute Gasteiger partial charge is 0.191 e. The summed E-state index contributed by atoms with van der Waals surface area (Å²) in [5.74, 6) is 2.24. The second kappa shape index (κ2) is 15.6. The van der Waals surface area contributed by atoms with Crippen molar-refractivity contribution in [3.05, 3.63) is 23.8 Å². The number of guanidine groups is 1. The summed E-state index contributed by atoms with van der Waals surface area (Å²) < 4.78 is 38.2. The number of rotatable bonds is 13. The lowest BCUT2D eigenvalue weighted by molar-refractivity contribution is 0.154. The summed E-state index contributed by atoms with van der Waals surface area (Å²) in [6.45, 7) is 4.50. The molecule has 1 aromatic rings. The second-order valence-electron chi connectivity index (χ2n) is 6.19. The number of hydrogen-bond acceptors (Lipinski definition) is 6. The maximum absolute atomic E-state index is 11.0. The summed E-state index contributed by atoms with van der Waals surface area (Å²) >= 11 is 0. The fraction of sp³-hybridized carbons (Fsp3) is 0.632. The van der Waals surface area contributed by atoms with E-state index < -0.39 is 9.84 Å². The molecule has 0 saturated heterocycles.